The molecule has 0 unspecified atom stereocenters. The molecule has 0 spiro atoms. The average molecular weight is 239 g/mol. The minimum absolute atomic E-state index is 0.0650. The Labute approximate surface area is 90.0 Å². The molecule has 0 aromatic heterocycles. The fourth-order valence-electron chi connectivity index (χ4n) is 0.632. The van der Waals surface area contributed by atoms with Gasteiger partial charge in [-0.3, -0.25) is 4.79 Å². The molecule has 82 valence electrons. The van der Waals surface area contributed by atoms with Crippen LogP contribution in [0.3, 0.4) is 0 Å². The summed E-state index contributed by atoms with van der Waals surface area (Å²) in [5.74, 6) is -0.557. The number of aliphatic hydroxyl groups excluding tert-OH is 1. The second kappa shape index (κ2) is 7.95. The third-order valence-corrected chi connectivity index (χ3v) is 3.56. The van der Waals surface area contributed by atoms with Crippen molar-refractivity contribution >= 4 is 33.5 Å². The average Bonchev–Trinajstić information content (AvgIpc) is 2.09. The summed E-state index contributed by atoms with van der Waals surface area (Å²) in [6.07, 6.45) is 0. The molecule has 0 fully saturated rings. The summed E-state index contributed by atoms with van der Waals surface area (Å²) in [5, 5.41) is 19.5. The number of hydrogen-bond acceptors (Lipinski definition) is 5. The van der Waals surface area contributed by atoms with Gasteiger partial charge in [0.1, 0.15) is 6.04 Å². The molecule has 0 saturated carbocycles. The maximum absolute atomic E-state index is 10.6. The Kier molecular flexibility index (Phi) is 7.73. The quantitative estimate of drug-likeness (QED) is 0.426. The summed E-state index contributed by atoms with van der Waals surface area (Å²) < 4.78 is 0. The van der Waals surface area contributed by atoms with Crippen molar-refractivity contribution in [3.8, 4) is 0 Å². The lowest BCUT2D eigenvalue weighted by Gasteiger charge is -2.11. The van der Waals surface area contributed by atoms with Crippen LogP contribution < -0.4 is 5.32 Å². The number of hydrogen-bond donors (Lipinski definition) is 3. The normalized spacial score (nSPS) is 12.1. The highest BCUT2D eigenvalue weighted by molar-refractivity contribution is 8.76. The van der Waals surface area contributed by atoms with Gasteiger partial charge < -0.3 is 15.5 Å². The lowest BCUT2D eigenvalue weighted by atomic mass is 10.3. The van der Waals surface area contributed by atoms with Gasteiger partial charge in [0.05, 0.1) is 6.61 Å². The lowest BCUT2D eigenvalue weighted by molar-refractivity contribution is -0.140. The minimum Gasteiger partial charge on any atom is -0.480 e. The molecule has 0 heterocycles. The number of aliphatic carboxylic acids is 1. The molecule has 3 N–H and O–H groups in total. The van der Waals surface area contributed by atoms with Gasteiger partial charge in [-0.15, -0.1) is 0 Å². The molecule has 5 nitrogen and oxygen atoms in total. The molecule has 0 bridgehead atoms. The van der Waals surface area contributed by atoms with E-state index in [1.807, 2.05) is 0 Å². The summed E-state index contributed by atoms with van der Waals surface area (Å²) in [5.41, 5.74) is 0. The highest BCUT2D eigenvalue weighted by Gasteiger charge is 2.17. The van der Waals surface area contributed by atoms with Crippen molar-refractivity contribution in [2.45, 2.75) is 13.0 Å². The van der Waals surface area contributed by atoms with Crippen LogP contribution in [-0.2, 0) is 9.59 Å². The first-order valence-electron chi connectivity index (χ1n) is 3.93. The molecular weight excluding hydrogens is 226 g/mol. The number of aliphatic hydroxyl groups is 1. The fraction of sp³-hybridized carbons (Fsp3) is 0.714. The van der Waals surface area contributed by atoms with E-state index in [1.165, 1.54) is 28.5 Å². The zero-order valence-electron chi connectivity index (χ0n) is 7.73. The van der Waals surface area contributed by atoms with E-state index in [0.717, 1.165) is 0 Å². The molecule has 0 aliphatic carbocycles. The van der Waals surface area contributed by atoms with Gasteiger partial charge in [0.2, 0.25) is 5.91 Å². The Morgan fingerprint density at radius 1 is 1.43 bits per heavy atom. The van der Waals surface area contributed by atoms with Crippen LogP contribution >= 0.6 is 21.6 Å². The number of carbonyl (C=O) groups is 2. The Bertz CT molecular complexity index is 200. The molecule has 1 atom stereocenters. The molecule has 0 saturated heterocycles. The lowest BCUT2D eigenvalue weighted by Crippen LogP contribution is -2.41. The zero-order chi connectivity index (χ0) is 11.0. The summed E-state index contributed by atoms with van der Waals surface area (Å²) in [6.45, 7) is 1.34. The van der Waals surface area contributed by atoms with E-state index >= 15 is 0 Å². The van der Waals surface area contributed by atoms with Crippen molar-refractivity contribution in [1.82, 2.24) is 5.32 Å². The maximum atomic E-state index is 10.6. The Morgan fingerprint density at radius 3 is 2.50 bits per heavy atom. The highest BCUT2D eigenvalue weighted by Crippen LogP contribution is 2.21. The first-order chi connectivity index (χ1) is 6.57. The van der Waals surface area contributed by atoms with E-state index in [4.69, 9.17) is 10.2 Å². The molecule has 7 heteroatoms. The molecule has 0 radical (unpaired) electrons. The molecule has 1 amide bonds. The van der Waals surface area contributed by atoms with Crippen LogP contribution in [0.2, 0.25) is 0 Å². The predicted octanol–water partition coefficient (Wildman–Crippen LogP) is -0.0506. The number of carboxylic acid groups (broad SMARTS) is 1. The number of nitrogens with one attached hydrogen (secondary N) is 1. The van der Waals surface area contributed by atoms with E-state index in [9.17, 15) is 9.59 Å². The van der Waals surface area contributed by atoms with Crippen molar-refractivity contribution in [3.05, 3.63) is 0 Å². The molecule has 0 aromatic rings. The van der Waals surface area contributed by atoms with Gasteiger partial charge >= 0.3 is 5.97 Å². The molecule has 0 aliphatic rings. The van der Waals surface area contributed by atoms with Gasteiger partial charge in [-0.05, 0) is 0 Å². The van der Waals surface area contributed by atoms with Crippen LogP contribution in [0.1, 0.15) is 6.92 Å². The Balaban J connectivity index is 3.74. The smallest absolute Gasteiger partial charge is 0.327 e. The van der Waals surface area contributed by atoms with E-state index in [-0.39, 0.29) is 12.5 Å². The summed E-state index contributed by atoms with van der Waals surface area (Å²) in [7, 11) is 2.70. The number of carboxylic acids is 1. The monoisotopic (exact) mass is 239 g/mol. The minimum atomic E-state index is -1.04. The number of amides is 1. The van der Waals surface area contributed by atoms with Crippen molar-refractivity contribution in [1.29, 1.82) is 0 Å². The molecule has 14 heavy (non-hydrogen) atoms. The molecule has 0 rings (SSSR count). The van der Waals surface area contributed by atoms with Gasteiger partial charge in [0.15, 0.2) is 0 Å². The maximum Gasteiger partial charge on any atom is 0.327 e. The van der Waals surface area contributed by atoms with Crippen LogP contribution in [0, 0.1) is 0 Å². The van der Waals surface area contributed by atoms with Gasteiger partial charge in [0, 0.05) is 18.4 Å². The fourth-order valence-corrected chi connectivity index (χ4v) is 2.56. The van der Waals surface area contributed by atoms with Gasteiger partial charge in [-0.1, -0.05) is 21.6 Å². The summed E-state index contributed by atoms with van der Waals surface area (Å²) in [6, 6.07) is -0.858. The third-order valence-electron chi connectivity index (χ3n) is 1.17. The van der Waals surface area contributed by atoms with E-state index in [0.29, 0.717) is 11.5 Å². The van der Waals surface area contributed by atoms with E-state index in [1.54, 1.807) is 0 Å². The highest BCUT2D eigenvalue weighted by atomic mass is 33.1. The molecule has 0 aliphatic heterocycles. The summed E-state index contributed by atoms with van der Waals surface area (Å²) >= 11 is 0. The SMILES string of the molecule is CC(=O)N[C@@H](CSSCCO)C(=O)O. The van der Waals surface area contributed by atoms with Crippen molar-refractivity contribution in [2.24, 2.45) is 0 Å². The van der Waals surface area contributed by atoms with Gasteiger partial charge in [-0.25, -0.2) is 4.79 Å². The Morgan fingerprint density at radius 2 is 2.07 bits per heavy atom. The standard InChI is InChI=1S/C7H13NO4S2/c1-5(10)8-6(7(11)12)4-14-13-3-2-9/h6,9H,2-4H2,1H3,(H,8,10)(H,11,12)/t6-/m0/s1. The Hall–Kier alpha value is -0.400. The first kappa shape index (κ1) is 13.6. The van der Waals surface area contributed by atoms with Crippen LogP contribution in [0.4, 0.5) is 0 Å². The van der Waals surface area contributed by atoms with Crippen molar-refractivity contribution < 1.29 is 19.8 Å². The van der Waals surface area contributed by atoms with Gasteiger partial charge in [0.25, 0.3) is 0 Å². The largest absolute Gasteiger partial charge is 0.480 e. The van der Waals surface area contributed by atoms with Gasteiger partial charge in [-0.2, -0.15) is 0 Å². The van der Waals surface area contributed by atoms with E-state index in [2.05, 4.69) is 5.32 Å². The first-order valence-corrected chi connectivity index (χ1v) is 6.42. The number of rotatable bonds is 7. The van der Waals surface area contributed by atoms with Crippen LogP contribution in [0.25, 0.3) is 0 Å². The van der Waals surface area contributed by atoms with Crippen LogP contribution in [0.15, 0.2) is 0 Å². The summed E-state index contributed by atoms with van der Waals surface area (Å²) in [4.78, 5) is 21.2. The second-order valence-corrected chi connectivity index (χ2v) is 5.05. The van der Waals surface area contributed by atoms with Crippen molar-refractivity contribution in [3.63, 3.8) is 0 Å². The van der Waals surface area contributed by atoms with Crippen molar-refractivity contribution in [2.75, 3.05) is 18.1 Å². The third kappa shape index (κ3) is 7.05. The van der Waals surface area contributed by atoms with Crippen LogP contribution in [0.5, 0.6) is 0 Å². The second-order valence-electron chi connectivity index (χ2n) is 2.42. The topological polar surface area (TPSA) is 86.6 Å². The van der Waals surface area contributed by atoms with Crippen LogP contribution in [-0.4, -0.2) is 46.2 Å². The molecule has 0 aromatic carbocycles. The molecular formula is C7H13NO4S2. The van der Waals surface area contributed by atoms with E-state index < -0.39 is 12.0 Å². The predicted molar refractivity (Wildman–Crippen MR) is 57.2 cm³/mol. The number of carbonyl (C=O) groups excluding carboxylic acids is 1. The zero-order valence-corrected chi connectivity index (χ0v) is 9.36.